The number of nitrogens with zero attached hydrogens (tertiary/aromatic N) is 1. The molecule has 0 spiro atoms. The fraction of sp³-hybridized carbons (Fsp3) is 0.583. The predicted octanol–water partition coefficient (Wildman–Crippen LogP) is 2.99. The Morgan fingerprint density at radius 2 is 1.81 bits per heavy atom. The first-order valence-corrected chi connectivity index (χ1v) is 5.50. The third-order valence-corrected chi connectivity index (χ3v) is 3.12. The lowest BCUT2D eigenvalue weighted by Gasteiger charge is -2.25. The second kappa shape index (κ2) is 7.88. The zero-order chi connectivity index (χ0) is 9.80. The zero-order valence-electron chi connectivity index (χ0n) is 9.34. The molecule has 92 valence electrons. The van der Waals surface area contributed by atoms with Crippen molar-refractivity contribution in [1.29, 1.82) is 0 Å². The smallest absolute Gasteiger partial charge is 0.0406 e. The van der Waals surface area contributed by atoms with E-state index >= 15 is 0 Å². The third kappa shape index (κ3) is 4.69. The van der Waals surface area contributed by atoms with Crippen molar-refractivity contribution in [3.05, 3.63) is 30.1 Å². The summed E-state index contributed by atoms with van der Waals surface area (Å²) in [6, 6.07) is 6.61. The zero-order valence-corrected chi connectivity index (χ0v) is 11.0. The van der Waals surface area contributed by atoms with Gasteiger partial charge in [-0.25, -0.2) is 0 Å². The van der Waals surface area contributed by atoms with Gasteiger partial charge < -0.3 is 5.73 Å². The number of halogens is 2. The van der Waals surface area contributed by atoms with Gasteiger partial charge in [-0.3, -0.25) is 4.98 Å². The van der Waals surface area contributed by atoms with Gasteiger partial charge >= 0.3 is 0 Å². The number of hydrogen-bond acceptors (Lipinski definition) is 2. The molecule has 1 heterocycles. The van der Waals surface area contributed by atoms with Gasteiger partial charge in [-0.05, 0) is 50.2 Å². The van der Waals surface area contributed by atoms with Crippen LogP contribution in [0.4, 0.5) is 0 Å². The maximum absolute atomic E-state index is 5.87. The first-order chi connectivity index (χ1) is 6.84. The summed E-state index contributed by atoms with van der Waals surface area (Å²) in [4.78, 5) is 4.36. The molecule has 1 aliphatic rings. The second-order valence-corrected chi connectivity index (χ2v) is 4.31. The van der Waals surface area contributed by atoms with Gasteiger partial charge in [0.2, 0.25) is 0 Å². The largest absolute Gasteiger partial charge is 0.328 e. The van der Waals surface area contributed by atoms with Crippen LogP contribution in [0.3, 0.4) is 0 Å². The Morgan fingerprint density at radius 3 is 2.38 bits per heavy atom. The Labute approximate surface area is 110 Å². The molecule has 0 radical (unpaired) electrons. The molecule has 1 aromatic heterocycles. The molecule has 2 N–H and O–H groups in total. The van der Waals surface area contributed by atoms with Crippen LogP contribution in [0.5, 0.6) is 0 Å². The average Bonchev–Trinajstić information content (AvgIpc) is 2.23. The van der Waals surface area contributed by atoms with E-state index in [0.29, 0.717) is 6.04 Å². The van der Waals surface area contributed by atoms with Gasteiger partial charge in [0.1, 0.15) is 0 Å². The van der Waals surface area contributed by atoms with Gasteiger partial charge in [0, 0.05) is 17.9 Å². The SMILES string of the molecule is Cl.Cl.NC1CCC(Cc2ccccn2)CC1. The van der Waals surface area contributed by atoms with Gasteiger partial charge in [0.15, 0.2) is 0 Å². The molecule has 0 unspecified atom stereocenters. The summed E-state index contributed by atoms with van der Waals surface area (Å²) in [6.45, 7) is 0. The van der Waals surface area contributed by atoms with Gasteiger partial charge in [-0.2, -0.15) is 0 Å². The monoisotopic (exact) mass is 262 g/mol. The first-order valence-electron chi connectivity index (χ1n) is 5.50. The van der Waals surface area contributed by atoms with E-state index in [9.17, 15) is 0 Å². The van der Waals surface area contributed by atoms with E-state index in [0.717, 1.165) is 12.3 Å². The summed E-state index contributed by atoms with van der Waals surface area (Å²) in [5.74, 6) is 0.810. The fourth-order valence-corrected chi connectivity index (χ4v) is 2.21. The van der Waals surface area contributed by atoms with Crippen molar-refractivity contribution in [3.8, 4) is 0 Å². The van der Waals surface area contributed by atoms with E-state index in [1.807, 2.05) is 12.3 Å². The number of pyridine rings is 1. The summed E-state index contributed by atoms with van der Waals surface area (Å²) in [5, 5.41) is 0. The quantitative estimate of drug-likeness (QED) is 0.890. The average molecular weight is 263 g/mol. The predicted molar refractivity (Wildman–Crippen MR) is 72.4 cm³/mol. The number of aromatic nitrogens is 1. The molecule has 0 aromatic carbocycles. The Bertz CT molecular complexity index is 272. The van der Waals surface area contributed by atoms with Crippen molar-refractivity contribution in [3.63, 3.8) is 0 Å². The maximum Gasteiger partial charge on any atom is 0.0406 e. The molecule has 0 atom stereocenters. The molecule has 2 nitrogen and oxygen atoms in total. The second-order valence-electron chi connectivity index (χ2n) is 4.31. The molecule has 0 bridgehead atoms. The van der Waals surface area contributed by atoms with Gasteiger partial charge in [0.05, 0.1) is 0 Å². The Morgan fingerprint density at radius 1 is 1.12 bits per heavy atom. The summed E-state index contributed by atoms with van der Waals surface area (Å²) >= 11 is 0. The molecule has 2 rings (SSSR count). The lowest BCUT2D eigenvalue weighted by molar-refractivity contribution is 0.323. The van der Waals surface area contributed by atoms with Crippen molar-refractivity contribution < 1.29 is 0 Å². The van der Waals surface area contributed by atoms with Gasteiger partial charge in [0.25, 0.3) is 0 Å². The van der Waals surface area contributed by atoms with Crippen LogP contribution >= 0.6 is 24.8 Å². The molecule has 16 heavy (non-hydrogen) atoms. The Balaban J connectivity index is 0.00000112. The molecule has 1 saturated carbocycles. The molecule has 1 aliphatic carbocycles. The standard InChI is InChI=1S/C12H18N2.2ClH/c13-11-6-4-10(5-7-11)9-12-3-1-2-8-14-12;;/h1-3,8,10-11H,4-7,9,13H2;2*1H. The minimum absolute atomic E-state index is 0. The van der Waals surface area contributed by atoms with Crippen LogP contribution in [0.25, 0.3) is 0 Å². The number of hydrogen-bond donors (Lipinski definition) is 1. The molecular weight excluding hydrogens is 243 g/mol. The molecule has 0 aliphatic heterocycles. The van der Waals surface area contributed by atoms with E-state index < -0.39 is 0 Å². The molecule has 1 fully saturated rings. The van der Waals surface area contributed by atoms with Crippen molar-refractivity contribution in [2.24, 2.45) is 11.7 Å². The summed E-state index contributed by atoms with van der Waals surface area (Å²) < 4.78 is 0. The highest BCUT2D eigenvalue weighted by atomic mass is 35.5. The normalized spacial score (nSPS) is 24.1. The Hall–Kier alpha value is -0.310. The van der Waals surface area contributed by atoms with Crippen LogP contribution in [0.15, 0.2) is 24.4 Å². The summed E-state index contributed by atoms with van der Waals surface area (Å²) in [5.41, 5.74) is 7.10. The highest BCUT2D eigenvalue weighted by Crippen LogP contribution is 2.25. The third-order valence-electron chi connectivity index (χ3n) is 3.12. The maximum atomic E-state index is 5.87. The minimum atomic E-state index is 0. The lowest BCUT2D eigenvalue weighted by Crippen LogP contribution is -2.27. The van der Waals surface area contributed by atoms with Crippen molar-refractivity contribution in [1.82, 2.24) is 4.98 Å². The first kappa shape index (κ1) is 15.7. The molecule has 0 saturated heterocycles. The fourth-order valence-electron chi connectivity index (χ4n) is 2.21. The minimum Gasteiger partial charge on any atom is -0.328 e. The summed E-state index contributed by atoms with van der Waals surface area (Å²) in [6.07, 6.45) is 7.95. The van der Waals surface area contributed by atoms with Crippen LogP contribution in [0.2, 0.25) is 0 Å². The topological polar surface area (TPSA) is 38.9 Å². The number of rotatable bonds is 2. The molecule has 0 amide bonds. The van der Waals surface area contributed by atoms with Crippen LogP contribution in [0, 0.1) is 5.92 Å². The van der Waals surface area contributed by atoms with E-state index in [2.05, 4.69) is 17.1 Å². The van der Waals surface area contributed by atoms with Crippen LogP contribution in [-0.2, 0) is 6.42 Å². The van der Waals surface area contributed by atoms with Gasteiger partial charge in [-0.15, -0.1) is 24.8 Å². The molecule has 1 aromatic rings. The van der Waals surface area contributed by atoms with Crippen LogP contribution < -0.4 is 5.73 Å². The van der Waals surface area contributed by atoms with Crippen molar-refractivity contribution in [2.75, 3.05) is 0 Å². The van der Waals surface area contributed by atoms with Crippen molar-refractivity contribution >= 4 is 24.8 Å². The molecule has 4 heteroatoms. The van der Waals surface area contributed by atoms with Crippen molar-refractivity contribution in [2.45, 2.75) is 38.1 Å². The lowest BCUT2D eigenvalue weighted by atomic mass is 9.84. The van der Waals surface area contributed by atoms with E-state index in [4.69, 9.17) is 5.73 Å². The van der Waals surface area contributed by atoms with E-state index in [1.165, 1.54) is 31.4 Å². The summed E-state index contributed by atoms with van der Waals surface area (Å²) in [7, 11) is 0. The van der Waals surface area contributed by atoms with Crippen LogP contribution in [0.1, 0.15) is 31.4 Å². The van der Waals surface area contributed by atoms with E-state index in [-0.39, 0.29) is 24.8 Å². The highest BCUT2D eigenvalue weighted by Gasteiger charge is 2.18. The highest BCUT2D eigenvalue weighted by molar-refractivity contribution is 5.85. The van der Waals surface area contributed by atoms with Crippen LogP contribution in [-0.4, -0.2) is 11.0 Å². The molecular formula is C12H20Cl2N2. The van der Waals surface area contributed by atoms with E-state index in [1.54, 1.807) is 0 Å². The Kier molecular flexibility index (Phi) is 7.73. The number of nitrogens with two attached hydrogens (primary N) is 1. The van der Waals surface area contributed by atoms with Gasteiger partial charge in [-0.1, -0.05) is 6.07 Å².